The SMILES string of the molecule is CCCC(C#N)(CCC)C(=O)NCCc1cnc[nH]1. The molecule has 104 valence electrons. The first-order valence-electron chi connectivity index (χ1n) is 6.85. The Kier molecular flexibility index (Phi) is 6.07. The van der Waals surface area contributed by atoms with Crippen LogP contribution >= 0.6 is 0 Å². The molecule has 1 aromatic rings. The van der Waals surface area contributed by atoms with E-state index in [1.165, 1.54) is 0 Å². The summed E-state index contributed by atoms with van der Waals surface area (Å²) < 4.78 is 0. The number of rotatable bonds is 8. The Labute approximate surface area is 114 Å². The second-order valence-electron chi connectivity index (χ2n) is 4.78. The number of carbonyl (C=O) groups is 1. The molecule has 19 heavy (non-hydrogen) atoms. The normalized spacial score (nSPS) is 11.0. The Bertz CT molecular complexity index is 413. The maximum Gasteiger partial charge on any atom is 0.240 e. The van der Waals surface area contributed by atoms with Crippen molar-refractivity contribution < 1.29 is 4.79 Å². The van der Waals surface area contributed by atoms with Crippen LogP contribution in [0.25, 0.3) is 0 Å². The van der Waals surface area contributed by atoms with Crippen molar-refractivity contribution >= 4 is 5.91 Å². The van der Waals surface area contributed by atoms with E-state index in [2.05, 4.69) is 21.4 Å². The summed E-state index contributed by atoms with van der Waals surface area (Å²) in [5.74, 6) is -0.141. The fourth-order valence-electron chi connectivity index (χ4n) is 2.27. The van der Waals surface area contributed by atoms with E-state index < -0.39 is 5.41 Å². The Morgan fingerprint density at radius 3 is 2.63 bits per heavy atom. The van der Waals surface area contributed by atoms with Gasteiger partial charge in [-0.05, 0) is 12.8 Å². The first-order valence-corrected chi connectivity index (χ1v) is 6.85. The minimum absolute atomic E-state index is 0.141. The van der Waals surface area contributed by atoms with Crippen molar-refractivity contribution in [2.75, 3.05) is 6.54 Å². The number of nitrogens with one attached hydrogen (secondary N) is 2. The van der Waals surface area contributed by atoms with E-state index >= 15 is 0 Å². The number of nitrogens with zero attached hydrogens (tertiary/aromatic N) is 2. The van der Waals surface area contributed by atoms with Crippen LogP contribution in [0.1, 0.15) is 45.2 Å². The third-order valence-electron chi connectivity index (χ3n) is 3.24. The van der Waals surface area contributed by atoms with Gasteiger partial charge in [-0.15, -0.1) is 0 Å². The highest BCUT2D eigenvalue weighted by atomic mass is 16.2. The molecule has 0 unspecified atom stereocenters. The number of carbonyl (C=O) groups excluding carboxylic acids is 1. The largest absolute Gasteiger partial charge is 0.354 e. The fourth-order valence-corrected chi connectivity index (χ4v) is 2.27. The molecule has 0 aliphatic heterocycles. The third-order valence-corrected chi connectivity index (χ3v) is 3.24. The van der Waals surface area contributed by atoms with Crippen molar-refractivity contribution in [2.24, 2.45) is 5.41 Å². The predicted molar refractivity (Wildman–Crippen MR) is 73.2 cm³/mol. The van der Waals surface area contributed by atoms with E-state index in [9.17, 15) is 10.1 Å². The molecule has 5 nitrogen and oxygen atoms in total. The molecule has 0 atom stereocenters. The molecule has 0 aromatic carbocycles. The van der Waals surface area contributed by atoms with Crippen molar-refractivity contribution in [1.82, 2.24) is 15.3 Å². The summed E-state index contributed by atoms with van der Waals surface area (Å²) >= 11 is 0. The zero-order valence-corrected chi connectivity index (χ0v) is 11.7. The van der Waals surface area contributed by atoms with Gasteiger partial charge in [0.2, 0.25) is 5.91 Å². The van der Waals surface area contributed by atoms with Crippen LogP contribution in [0.5, 0.6) is 0 Å². The van der Waals surface area contributed by atoms with E-state index in [0.29, 0.717) is 25.8 Å². The highest BCUT2D eigenvalue weighted by molar-refractivity contribution is 5.85. The van der Waals surface area contributed by atoms with E-state index in [1.807, 2.05) is 13.8 Å². The first kappa shape index (κ1) is 15.2. The van der Waals surface area contributed by atoms with Gasteiger partial charge in [0.25, 0.3) is 0 Å². The number of aromatic amines is 1. The van der Waals surface area contributed by atoms with Crippen LogP contribution in [-0.4, -0.2) is 22.4 Å². The smallest absolute Gasteiger partial charge is 0.240 e. The zero-order valence-electron chi connectivity index (χ0n) is 11.7. The Hall–Kier alpha value is -1.83. The molecule has 0 bridgehead atoms. The summed E-state index contributed by atoms with van der Waals surface area (Å²) in [6.45, 7) is 4.52. The van der Waals surface area contributed by atoms with Crippen LogP contribution in [0, 0.1) is 16.7 Å². The van der Waals surface area contributed by atoms with E-state index in [4.69, 9.17) is 0 Å². The van der Waals surface area contributed by atoms with Crippen molar-refractivity contribution in [3.05, 3.63) is 18.2 Å². The minimum Gasteiger partial charge on any atom is -0.354 e. The highest BCUT2D eigenvalue weighted by Crippen LogP contribution is 2.29. The number of amides is 1. The lowest BCUT2D eigenvalue weighted by molar-refractivity contribution is -0.128. The molecule has 0 radical (unpaired) electrons. The molecule has 0 spiro atoms. The van der Waals surface area contributed by atoms with Crippen LogP contribution in [-0.2, 0) is 11.2 Å². The van der Waals surface area contributed by atoms with Gasteiger partial charge in [0.05, 0.1) is 12.4 Å². The summed E-state index contributed by atoms with van der Waals surface area (Å²) in [6, 6.07) is 2.23. The number of imidazole rings is 1. The number of H-pyrrole nitrogens is 1. The average Bonchev–Trinajstić information content (AvgIpc) is 2.91. The molecule has 1 aromatic heterocycles. The molecule has 2 N–H and O–H groups in total. The van der Waals surface area contributed by atoms with Gasteiger partial charge in [-0.25, -0.2) is 4.98 Å². The van der Waals surface area contributed by atoms with Crippen LogP contribution < -0.4 is 5.32 Å². The molecule has 0 aliphatic carbocycles. The standard InChI is InChI=1S/C14H22N4O/c1-3-6-14(10-15,7-4-2)13(19)17-8-5-12-9-16-11-18-12/h9,11H,3-8H2,1-2H3,(H,16,18)(H,17,19). The van der Waals surface area contributed by atoms with Crippen LogP contribution in [0.2, 0.25) is 0 Å². The fraction of sp³-hybridized carbons (Fsp3) is 0.643. The highest BCUT2D eigenvalue weighted by Gasteiger charge is 2.36. The van der Waals surface area contributed by atoms with Crippen molar-refractivity contribution in [3.63, 3.8) is 0 Å². The molecule has 1 amide bonds. The second kappa shape index (κ2) is 7.57. The van der Waals surface area contributed by atoms with Crippen LogP contribution in [0.15, 0.2) is 12.5 Å². The third kappa shape index (κ3) is 4.09. The number of aromatic nitrogens is 2. The lowest BCUT2D eigenvalue weighted by atomic mass is 9.80. The summed E-state index contributed by atoms with van der Waals surface area (Å²) in [5, 5.41) is 12.2. The maximum atomic E-state index is 12.2. The average molecular weight is 262 g/mol. The summed E-state index contributed by atoms with van der Waals surface area (Å²) in [6.07, 6.45) is 6.96. The zero-order chi connectivity index (χ0) is 14.1. The number of hydrogen-bond donors (Lipinski definition) is 2. The van der Waals surface area contributed by atoms with Gasteiger partial charge in [0, 0.05) is 24.9 Å². The molecule has 5 heteroatoms. The minimum atomic E-state index is -0.864. The summed E-state index contributed by atoms with van der Waals surface area (Å²) in [4.78, 5) is 19.2. The molecule has 1 rings (SSSR count). The molecule has 0 fully saturated rings. The number of nitriles is 1. The van der Waals surface area contributed by atoms with Crippen LogP contribution in [0.3, 0.4) is 0 Å². The first-order chi connectivity index (χ1) is 9.18. The molecular formula is C14H22N4O. The molecule has 0 aliphatic rings. The topological polar surface area (TPSA) is 81.6 Å². The monoisotopic (exact) mass is 262 g/mol. The lowest BCUT2D eigenvalue weighted by Gasteiger charge is -2.24. The predicted octanol–water partition coefficient (Wildman–Crippen LogP) is 2.18. The van der Waals surface area contributed by atoms with Gasteiger partial charge in [-0.3, -0.25) is 4.79 Å². The molecule has 0 saturated carbocycles. The van der Waals surface area contributed by atoms with Crippen molar-refractivity contribution in [3.8, 4) is 6.07 Å². The number of hydrogen-bond acceptors (Lipinski definition) is 3. The van der Waals surface area contributed by atoms with Gasteiger partial charge in [-0.1, -0.05) is 26.7 Å². The lowest BCUT2D eigenvalue weighted by Crippen LogP contribution is -2.41. The Morgan fingerprint density at radius 2 is 2.16 bits per heavy atom. The van der Waals surface area contributed by atoms with Gasteiger partial charge in [-0.2, -0.15) is 5.26 Å². The second-order valence-corrected chi connectivity index (χ2v) is 4.78. The summed E-state index contributed by atoms with van der Waals surface area (Å²) in [7, 11) is 0. The van der Waals surface area contributed by atoms with E-state index in [-0.39, 0.29) is 5.91 Å². The quantitative estimate of drug-likeness (QED) is 0.753. The van der Waals surface area contributed by atoms with E-state index in [0.717, 1.165) is 18.5 Å². The van der Waals surface area contributed by atoms with Gasteiger partial charge in [0.15, 0.2) is 0 Å². The maximum absolute atomic E-state index is 12.2. The summed E-state index contributed by atoms with van der Waals surface area (Å²) in [5.41, 5.74) is 0.117. The molecule has 0 saturated heterocycles. The van der Waals surface area contributed by atoms with Crippen molar-refractivity contribution in [2.45, 2.75) is 46.0 Å². The Balaban J connectivity index is 2.54. The van der Waals surface area contributed by atoms with Crippen molar-refractivity contribution in [1.29, 1.82) is 5.26 Å². The van der Waals surface area contributed by atoms with E-state index in [1.54, 1.807) is 12.5 Å². The van der Waals surface area contributed by atoms with Crippen LogP contribution in [0.4, 0.5) is 0 Å². The molecular weight excluding hydrogens is 240 g/mol. The van der Waals surface area contributed by atoms with Gasteiger partial charge < -0.3 is 10.3 Å². The van der Waals surface area contributed by atoms with Gasteiger partial charge >= 0.3 is 0 Å². The Morgan fingerprint density at radius 1 is 1.47 bits per heavy atom. The van der Waals surface area contributed by atoms with Gasteiger partial charge in [0.1, 0.15) is 5.41 Å². The molecule has 1 heterocycles.